The van der Waals surface area contributed by atoms with E-state index in [1.807, 2.05) is 0 Å². The molecular weight excluding hydrogens is 132 g/mol. The fourth-order valence-electron chi connectivity index (χ4n) is 1.74. The maximum Gasteiger partial charge on any atom is -0.0216 e. The molecule has 1 radical (unpaired) electrons. The number of hydrogen-bond acceptors (Lipinski definition) is 0. The summed E-state index contributed by atoms with van der Waals surface area (Å²) in [5.74, 6) is 1.63. The van der Waals surface area contributed by atoms with E-state index < -0.39 is 0 Å². The fraction of sp³-hybridized carbons (Fsp3) is 0.364. The molecule has 0 aliphatic heterocycles. The summed E-state index contributed by atoms with van der Waals surface area (Å²) in [4.78, 5) is 0. The van der Waals surface area contributed by atoms with Crippen LogP contribution in [-0.4, -0.2) is 0 Å². The monoisotopic (exact) mass is 145 g/mol. The molecule has 1 aromatic rings. The third kappa shape index (κ3) is 1.30. The lowest BCUT2D eigenvalue weighted by Gasteiger charge is -2.20. The second kappa shape index (κ2) is 2.69. The molecule has 1 aromatic carbocycles. The Morgan fingerprint density at radius 2 is 1.73 bits per heavy atom. The normalized spacial score (nSPS) is 17.9. The molecule has 1 aliphatic rings. The van der Waals surface area contributed by atoms with Gasteiger partial charge in [0.1, 0.15) is 0 Å². The minimum Gasteiger partial charge on any atom is -0.0620 e. The Labute approximate surface area is 68.3 Å². The third-order valence-corrected chi connectivity index (χ3v) is 2.43. The van der Waals surface area contributed by atoms with E-state index in [9.17, 15) is 0 Å². The summed E-state index contributed by atoms with van der Waals surface area (Å²) >= 11 is 0. The summed E-state index contributed by atoms with van der Waals surface area (Å²) in [7, 11) is 0. The predicted octanol–water partition coefficient (Wildman–Crippen LogP) is 2.77. The molecule has 57 valence electrons. The number of benzene rings is 1. The molecule has 0 heteroatoms. The van der Waals surface area contributed by atoms with Gasteiger partial charge in [-0.2, -0.15) is 0 Å². The van der Waals surface area contributed by atoms with Gasteiger partial charge in [0, 0.05) is 0 Å². The van der Waals surface area contributed by atoms with E-state index in [-0.39, 0.29) is 0 Å². The van der Waals surface area contributed by atoms with Gasteiger partial charge in [0.05, 0.1) is 0 Å². The van der Waals surface area contributed by atoms with Crippen molar-refractivity contribution in [2.45, 2.75) is 26.2 Å². The summed E-state index contributed by atoms with van der Waals surface area (Å²) < 4.78 is 0. The molecule has 0 saturated heterocycles. The molecule has 0 nitrogen and oxygen atoms in total. The molecule has 0 aromatic heterocycles. The maximum absolute atomic E-state index is 2.26. The van der Waals surface area contributed by atoms with Crippen LogP contribution in [0.25, 0.3) is 0 Å². The van der Waals surface area contributed by atoms with Crippen LogP contribution in [0.4, 0.5) is 0 Å². The zero-order valence-corrected chi connectivity index (χ0v) is 6.93. The van der Waals surface area contributed by atoms with Crippen LogP contribution in [0.5, 0.6) is 0 Å². The minimum absolute atomic E-state index is 1.20. The highest BCUT2D eigenvalue weighted by molar-refractivity contribution is 5.32. The zero-order valence-electron chi connectivity index (χ0n) is 6.93. The lowest BCUT2D eigenvalue weighted by molar-refractivity contribution is 0.728. The van der Waals surface area contributed by atoms with Crippen molar-refractivity contribution in [3.05, 3.63) is 41.3 Å². The summed E-state index contributed by atoms with van der Waals surface area (Å²) in [6.07, 6.45) is 3.75. The number of hydrogen-bond donors (Lipinski definition) is 0. The molecule has 0 N–H and O–H groups in total. The molecular formula is C11H13. The number of rotatable bonds is 0. The SMILES string of the molecule is C[C]1CCc2ccccc2C1. The highest BCUT2D eigenvalue weighted by Crippen LogP contribution is 2.25. The first-order chi connectivity index (χ1) is 5.36. The van der Waals surface area contributed by atoms with E-state index in [4.69, 9.17) is 0 Å². The molecule has 0 saturated carbocycles. The maximum atomic E-state index is 2.26. The highest BCUT2D eigenvalue weighted by Gasteiger charge is 2.13. The molecule has 0 heterocycles. The van der Waals surface area contributed by atoms with Gasteiger partial charge in [-0.3, -0.25) is 0 Å². The van der Waals surface area contributed by atoms with Gasteiger partial charge in [0.2, 0.25) is 0 Å². The minimum atomic E-state index is 1.20. The molecule has 2 rings (SSSR count). The summed E-state index contributed by atoms with van der Waals surface area (Å²) in [5.41, 5.74) is 3.09. The summed E-state index contributed by atoms with van der Waals surface area (Å²) in [6.45, 7) is 2.26. The van der Waals surface area contributed by atoms with Crippen LogP contribution in [0.15, 0.2) is 24.3 Å². The van der Waals surface area contributed by atoms with Crippen LogP contribution in [0, 0.1) is 5.92 Å². The standard InChI is InChI=1S/C11H13/c1-9-6-7-10-4-2-3-5-11(10)8-9/h2-5H,6-8H2,1H3. The van der Waals surface area contributed by atoms with E-state index in [2.05, 4.69) is 31.2 Å². The first kappa shape index (κ1) is 6.90. The van der Waals surface area contributed by atoms with Gasteiger partial charge in [0.25, 0.3) is 0 Å². The van der Waals surface area contributed by atoms with Gasteiger partial charge in [-0.25, -0.2) is 0 Å². The molecule has 0 fully saturated rings. The molecule has 11 heavy (non-hydrogen) atoms. The predicted molar refractivity (Wildman–Crippen MR) is 47.4 cm³/mol. The zero-order chi connectivity index (χ0) is 7.68. The van der Waals surface area contributed by atoms with Gasteiger partial charge in [0.15, 0.2) is 0 Å². The van der Waals surface area contributed by atoms with Crippen LogP contribution in [-0.2, 0) is 12.8 Å². The number of aryl methyl sites for hydroxylation is 1. The van der Waals surface area contributed by atoms with Crippen molar-refractivity contribution in [3.8, 4) is 0 Å². The third-order valence-electron chi connectivity index (χ3n) is 2.43. The molecule has 0 bridgehead atoms. The molecule has 0 unspecified atom stereocenters. The molecule has 0 amide bonds. The van der Waals surface area contributed by atoms with Crippen molar-refractivity contribution >= 4 is 0 Å². The van der Waals surface area contributed by atoms with Crippen LogP contribution < -0.4 is 0 Å². The lowest BCUT2D eigenvalue weighted by atomic mass is 9.85. The average Bonchev–Trinajstić information content (AvgIpc) is 2.04. The Bertz CT molecular complexity index is 250. The fourth-order valence-corrected chi connectivity index (χ4v) is 1.74. The largest absolute Gasteiger partial charge is 0.0620 e. The molecule has 0 atom stereocenters. The Kier molecular flexibility index (Phi) is 1.69. The van der Waals surface area contributed by atoms with Gasteiger partial charge in [-0.15, -0.1) is 0 Å². The smallest absolute Gasteiger partial charge is 0.0216 e. The van der Waals surface area contributed by atoms with Gasteiger partial charge < -0.3 is 0 Å². The van der Waals surface area contributed by atoms with Crippen LogP contribution in [0.1, 0.15) is 24.5 Å². The van der Waals surface area contributed by atoms with Crippen molar-refractivity contribution in [1.82, 2.24) is 0 Å². The van der Waals surface area contributed by atoms with Crippen molar-refractivity contribution in [3.63, 3.8) is 0 Å². The quantitative estimate of drug-likeness (QED) is 0.526. The van der Waals surface area contributed by atoms with Crippen molar-refractivity contribution in [1.29, 1.82) is 0 Å². The van der Waals surface area contributed by atoms with Gasteiger partial charge in [-0.05, 0) is 36.3 Å². The van der Waals surface area contributed by atoms with E-state index in [0.717, 1.165) is 0 Å². The number of fused-ring (bicyclic) bond motifs is 1. The Morgan fingerprint density at radius 3 is 2.55 bits per heavy atom. The van der Waals surface area contributed by atoms with E-state index in [1.54, 1.807) is 11.5 Å². The van der Waals surface area contributed by atoms with Crippen LogP contribution >= 0.6 is 0 Å². The lowest BCUT2D eigenvalue weighted by Crippen LogP contribution is -2.08. The van der Waals surface area contributed by atoms with Crippen LogP contribution in [0.3, 0.4) is 0 Å². The first-order valence-corrected chi connectivity index (χ1v) is 4.24. The van der Waals surface area contributed by atoms with Crippen molar-refractivity contribution in [2.75, 3.05) is 0 Å². The van der Waals surface area contributed by atoms with Crippen molar-refractivity contribution < 1.29 is 0 Å². The molecule has 1 aliphatic carbocycles. The first-order valence-electron chi connectivity index (χ1n) is 4.24. The van der Waals surface area contributed by atoms with Gasteiger partial charge >= 0.3 is 0 Å². The Balaban J connectivity index is 2.34. The van der Waals surface area contributed by atoms with Crippen molar-refractivity contribution in [2.24, 2.45) is 0 Å². The topological polar surface area (TPSA) is 0 Å². The van der Waals surface area contributed by atoms with E-state index in [1.165, 1.54) is 24.8 Å². The Morgan fingerprint density at radius 1 is 1.00 bits per heavy atom. The second-order valence-corrected chi connectivity index (χ2v) is 3.40. The summed E-state index contributed by atoms with van der Waals surface area (Å²) in [6, 6.07) is 8.77. The van der Waals surface area contributed by atoms with E-state index >= 15 is 0 Å². The molecule has 0 spiro atoms. The van der Waals surface area contributed by atoms with Gasteiger partial charge in [-0.1, -0.05) is 31.2 Å². The second-order valence-electron chi connectivity index (χ2n) is 3.40. The average molecular weight is 145 g/mol. The van der Waals surface area contributed by atoms with Crippen LogP contribution in [0.2, 0.25) is 0 Å². The summed E-state index contributed by atoms with van der Waals surface area (Å²) in [5, 5.41) is 0. The highest BCUT2D eigenvalue weighted by atomic mass is 14.2. The Hall–Kier alpha value is -0.780. The van der Waals surface area contributed by atoms with E-state index in [0.29, 0.717) is 0 Å².